The smallest absolute Gasteiger partial charge is 0.259 e. The van der Waals surface area contributed by atoms with Crippen molar-refractivity contribution in [1.29, 1.82) is 0 Å². The lowest BCUT2D eigenvalue weighted by atomic mass is 10.1. The molecule has 4 rings (SSSR count). The molecule has 0 aliphatic heterocycles. The molecule has 0 N–H and O–H groups in total. The molecular formula is C27H26N4O. The summed E-state index contributed by atoms with van der Waals surface area (Å²) in [5.74, 6) is 1.11. The van der Waals surface area contributed by atoms with Gasteiger partial charge in [-0.3, -0.25) is 4.79 Å². The van der Waals surface area contributed by atoms with E-state index in [2.05, 4.69) is 17.1 Å². The molecule has 0 spiro atoms. The van der Waals surface area contributed by atoms with Crippen molar-refractivity contribution in [2.45, 2.75) is 13.1 Å². The molecule has 0 aliphatic rings. The Hall–Kier alpha value is -3.99. The van der Waals surface area contributed by atoms with Gasteiger partial charge >= 0.3 is 0 Å². The molecule has 0 saturated carbocycles. The molecule has 0 unspecified atom stereocenters. The van der Waals surface area contributed by atoms with Gasteiger partial charge in [-0.15, -0.1) is 0 Å². The lowest BCUT2D eigenvalue weighted by Crippen LogP contribution is -2.29. The van der Waals surface area contributed by atoms with E-state index in [-0.39, 0.29) is 5.91 Å². The standard InChI is InChI=1S/C27H26N4O/c1-30(19-21-12-6-3-7-13-21)26-24(18-28-25(29-26)23-16-10-5-11-17-23)27(32)31(2)20-22-14-8-4-9-15-22/h3-18H,19-20H2,1-2H3. The molecule has 3 aromatic carbocycles. The third-order valence-corrected chi connectivity index (χ3v) is 5.26. The zero-order valence-corrected chi connectivity index (χ0v) is 18.3. The van der Waals surface area contributed by atoms with E-state index in [0.29, 0.717) is 30.3 Å². The molecule has 0 bridgehead atoms. The molecule has 5 heteroatoms. The molecule has 32 heavy (non-hydrogen) atoms. The third-order valence-electron chi connectivity index (χ3n) is 5.26. The first-order chi connectivity index (χ1) is 15.6. The summed E-state index contributed by atoms with van der Waals surface area (Å²) >= 11 is 0. The number of nitrogens with zero attached hydrogens (tertiary/aromatic N) is 4. The topological polar surface area (TPSA) is 49.3 Å². The summed E-state index contributed by atoms with van der Waals surface area (Å²) in [6.07, 6.45) is 1.65. The zero-order valence-electron chi connectivity index (χ0n) is 18.3. The second kappa shape index (κ2) is 9.88. The Kier molecular flexibility index (Phi) is 6.56. The number of carbonyl (C=O) groups is 1. The monoisotopic (exact) mass is 422 g/mol. The highest BCUT2D eigenvalue weighted by atomic mass is 16.2. The molecular weight excluding hydrogens is 396 g/mol. The van der Waals surface area contributed by atoms with Gasteiger partial charge in [-0.2, -0.15) is 0 Å². The van der Waals surface area contributed by atoms with Gasteiger partial charge < -0.3 is 9.80 Å². The summed E-state index contributed by atoms with van der Waals surface area (Å²) in [6, 6.07) is 29.9. The summed E-state index contributed by atoms with van der Waals surface area (Å²) in [5, 5.41) is 0. The van der Waals surface area contributed by atoms with E-state index in [1.807, 2.05) is 90.8 Å². The first kappa shape index (κ1) is 21.2. The van der Waals surface area contributed by atoms with Gasteiger partial charge in [-0.1, -0.05) is 91.0 Å². The lowest BCUT2D eigenvalue weighted by Gasteiger charge is -2.24. The van der Waals surface area contributed by atoms with Crippen LogP contribution in [0.1, 0.15) is 21.5 Å². The van der Waals surface area contributed by atoms with Gasteiger partial charge in [0, 0.05) is 38.9 Å². The molecule has 0 atom stereocenters. The lowest BCUT2D eigenvalue weighted by molar-refractivity contribution is 0.0785. The number of amides is 1. The van der Waals surface area contributed by atoms with Crippen LogP contribution in [0.25, 0.3) is 11.4 Å². The maximum Gasteiger partial charge on any atom is 0.259 e. The van der Waals surface area contributed by atoms with Gasteiger partial charge in [0.05, 0.1) is 0 Å². The van der Waals surface area contributed by atoms with Crippen molar-refractivity contribution in [2.24, 2.45) is 0 Å². The summed E-state index contributed by atoms with van der Waals surface area (Å²) in [5.41, 5.74) is 3.62. The molecule has 1 amide bonds. The molecule has 4 aromatic rings. The molecule has 0 aliphatic carbocycles. The first-order valence-corrected chi connectivity index (χ1v) is 10.6. The van der Waals surface area contributed by atoms with Crippen molar-refractivity contribution in [2.75, 3.05) is 19.0 Å². The van der Waals surface area contributed by atoms with E-state index >= 15 is 0 Å². The van der Waals surface area contributed by atoms with Crippen molar-refractivity contribution >= 4 is 11.7 Å². The summed E-state index contributed by atoms with van der Waals surface area (Å²) in [4.78, 5) is 26.4. The number of rotatable bonds is 7. The predicted molar refractivity (Wildman–Crippen MR) is 128 cm³/mol. The van der Waals surface area contributed by atoms with Crippen LogP contribution >= 0.6 is 0 Å². The highest BCUT2D eigenvalue weighted by Gasteiger charge is 2.22. The zero-order chi connectivity index (χ0) is 22.3. The Morgan fingerprint density at radius 3 is 1.88 bits per heavy atom. The second-order valence-corrected chi connectivity index (χ2v) is 7.79. The average Bonchev–Trinajstić information content (AvgIpc) is 2.85. The molecule has 0 fully saturated rings. The molecule has 160 valence electrons. The van der Waals surface area contributed by atoms with E-state index in [9.17, 15) is 4.79 Å². The van der Waals surface area contributed by atoms with Gasteiger partial charge in [0.15, 0.2) is 5.82 Å². The van der Waals surface area contributed by atoms with Crippen LogP contribution in [0.5, 0.6) is 0 Å². The number of hydrogen-bond acceptors (Lipinski definition) is 4. The highest BCUT2D eigenvalue weighted by Crippen LogP contribution is 2.24. The summed E-state index contributed by atoms with van der Waals surface area (Å²) in [7, 11) is 3.76. The Morgan fingerprint density at radius 2 is 1.28 bits per heavy atom. The van der Waals surface area contributed by atoms with E-state index in [4.69, 9.17) is 4.98 Å². The van der Waals surface area contributed by atoms with Crippen molar-refractivity contribution in [3.63, 3.8) is 0 Å². The van der Waals surface area contributed by atoms with Crippen molar-refractivity contribution in [1.82, 2.24) is 14.9 Å². The number of benzene rings is 3. The van der Waals surface area contributed by atoms with Crippen molar-refractivity contribution in [3.8, 4) is 11.4 Å². The van der Waals surface area contributed by atoms with Crippen LogP contribution in [0.2, 0.25) is 0 Å². The Morgan fingerprint density at radius 1 is 0.750 bits per heavy atom. The average molecular weight is 423 g/mol. The van der Waals surface area contributed by atoms with Crippen LogP contribution in [0.15, 0.2) is 97.2 Å². The Bertz CT molecular complexity index is 1160. The first-order valence-electron chi connectivity index (χ1n) is 10.6. The van der Waals surface area contributed by atoms with Crippen LogP contribution in [-0.2, 0) is 13.1 Å². The van der Waals surface area contributed by atoms with Crippen LogP contribution in [-0.4, -0.2) is 34.9 Å². The van der Waals surface area contributed by atoms with Crippen LogP contribution in [0.3, 0.4) is 0 Å². The summed E-state index contributed by atoms with van der Waals surface area (Å²) in [6.45, 7) is 1.15. The van der Waals surface area contributed by atoms with Gasteiger partial charge in [-0.25, -0.2) is 9.97 Å². The number of aromatic nitrogens is 2. The fourth-order valence-electron chi connectivity index (χ4n) is 3.61. The van der Waals surface area contributed by atoms with Gasteiger partial charge in [-0.05, 0) is 11.1 Å². The number of hydrogen-bond donors (Lipinski definition) is 0. The predicted octanol–water partition coefficient (Wildman–Crippen LogP) is 5.05. The number of carbonyl (C=O) groups excluding carboxylic acids is 1. The van der Waals surface area contributed by atoms with E-state index in [1.54, 1.807) is 18.1 Å². The van der Waals surface area contributed by atoms with E-state index in [0.717, 1.165) is 16.7 Å². The van der Waals surface area contributed by atoms with Crippen LogP contribution in [0.4, 0.5) is 5.82 Å². The minimum atomic E-state index is -0.108. The normalized spacial score (nSPS) is 10.6. The molecule has 0 radical (unpaired) electrons. The maximum absolute atomic E-state index is 13.4. The fraction of sp³-hybridized carbons (Fsp3) is 0.148. The van der Waals surface area contributed by atoms with E-state index < -0.39 is 0 Å². The Balaban J connectivity index is 1.67. The van der Waals surface area contributed by atoms with Gasteiger partial charge in [0.25, 0.3) is 5.91 Å². The van der Waals surface area contributed by atoms with Gasteiger partial charge in [0.2, 0.25) is 0 Å². The SMILES string of the molecule is CN(Cc1ccccc1)C(=O)c1cnc(-c2ccccc2)nc1N(C)Cc1ccccc1. The Labute approximate surface area is 189 Å². The number of anilines is 1. The quantitative estimate of drug-likeness (QED) is 0.418. The highest BCUT2D eigenvalue weighted by molar-refractivity contribution is 5.98. The maximum atomic E-state index is 13.4. The molecule has 1 aromatic heterocycles. The molecule has 5 nitrogen and oxygen atoms in total. The minimum Gasteiger partial charge on any atom is -0.355 e. The van der Waals surface area contributed by atoms with Crippen molar-refractivity contribution < 1.29 is 4.79 Å². The molecule has 1 heterocycles. The fourth-order valence-corrected chi connectivity index (χ4v) is 3.61. The van der Waals surface area contributed by atoms with Crippen LogP contribution < -0.4 is 4.90 Å². The second-order valence-electron chi connectivity index (χ2n) is 7.79. The molecule has 0 saturated heterocycles. The third kappa shape index (κ3) is 5.01. The minimum absolute atomic E-state index is 0.108. The van der Waals surface area contributed by atoms with Gasteiger partial charge in [0.1, 0.15) is 11.4 Å². The van der Waals surface area contributed by atoms with Crippen LogP contribution in [0, 0.1) is 0 Å². The van der Waals surface area contributed by atoms with E-state index in [1.165, 1.54) is 0 Å². The largest absolute Gasteiger partial charge is 0.355 e. The van der Waals surface area contributed by atoms with Crippen molar-refractivity contribution in [3.05, 3.63) is 114 Å². The summed E-state index contributed by atoms with van der Waals surface area (Å²) < 4.78 is 0.